The Bertz CT molecular complexity index is 713. The molecule has 2 aromatic rings. The van der Waals surface area contributed by atoms with E-state index in [1.807, 2.05) is 29.9 Å². The van der Waals surface area contributed by atoms with Crippen molar-refractivity contribution in [2.45, 2.75) is 32.0 Å². The number of fused-ring (bicyclic) bond motifs is 3. The van der Waals surface area contributed by atoms with Crippen LogP contribution in [-0.4, -0.2) is 46.3 Å². The van der Waals surface area contributed by atoms with Crippen LogP contribution in [0.4, 0.5) is 0 Å². The highest BCUT2D eigenvalue weighted by molar-refractivity contribution is 5.84. The van der Waals surface area contributed by atoms with Crippen LogP contribution >= 0.6 is 0 Å². The summed E-state index contributed by atoms with van der Waals surface area (Å²) in [5, 5.41) is 13.9. The molecule has 23 heavy (non-hydrogen) atoms. The maximum Gasteiger partial charge on any atom is 0.269 e. The average Bonchev–Trinajstić information content (AvgIpc) is 2.95. The highest BCUT2D eigenvalue weighted by atomic mass is 16.5. The van der Waals surface area contributed by atoms with Crippen LogP contribution in [0.5, 0.6) is 5.75 Å². The second-order valence-corrected chi connectivity index (χ2v) is 5.77. The van der Waals surface area contributed by atoms with Gasteiger partial charge in [-0.3, -0.25) is 14.7 Å². The van der Waals surface area contributed by atoms with Crippen molar-refractivity contribution in [3.63, 3.8) is 0 Å². The SMILES string of the molecule is C[C@H](N)Cn1ncc2ccc3c(c21)C[C@@H](OCC(=O)NO)CO3. The van der Waals surface area contributed by atoms with Crippen molar-refractivity contribution in [2.75, 3.05) is 13.2 Å². The maximum absolute atomic E-state index is 11.1. The van der Waals surface area contributed by atoms with Gasteiger partial charge in [0.15, 0.2) is 0 Å². The molecule has 2 heterocycles. The van der Waals surface area contributed by atoms with E-state index in [0.717, 1.165) is 22.2 Å². The molecule has 124 valence electrons. The molecule has 0 radical (unpaired) electrons. The van der Waals surface area contributed by atoms with Crippen molar-refractivity contribution in [1.29, 1.82) is 0 Å². The zero-order valence-corrected chi connectivity index (χ0v) is 12.9. The molecule has 1 aliphatic heterocycles. The summed E-state index contributed by atoms with van der Waals surface area (Å²) in [4.78, 5) is 11.1. The highest BCUT2D eigenvalue weighted by Gasteiger charge is 2.25. The summed E-state index contributed by atoms with van der Waals surface area (Å²) in [6.07, 6.45) is 2.15. The van der Waals surface area contributed by atoms with Gasteiger partial charge >= 0.3 is 0 Å². The summed E-state index contributed by atoms with van der Waals surface area (Å²) in [6.45, 7) is 2.69. The van der Waals surface area contributed by atoms with Gasteiger partial charge in [-0.2, -0.15) is 5.10 Å². The van der Waals surface area contributed by atoms with E-state index < -0.39 is 5.91 Å². The van der Waals surface area contributed by atoms with Gasteiger partial charge in [0.2, 0.25) is 0 Å². The molecule has 0 spiro atoms. The second-order valence-electron chi connectivity index (χ2n) is 5.77. The van der Waals surface area contributed by atoms with E-state index in [9.17, 15) is 4.79 Å². The van der Waals surface area contributed by atoms with Gasteiger partial charge in [-0.25, -0.2) is 5.48 Å². The van der Waals surface area contributed by atoms with Gasteiger partial charge in [0.1, 0.15) is 19.0 Å². The summed E-state index contributed by atoms with van der Waals surface area (Å²) in [5.74, 6) is 0.214. The van der Waals surface area contributed by atoms with Crippen LogP contribution in [0, 0.1) is 0 Å². The number of hydroxylamine groups is 1. The van der Waals surface area contributed by atoms with Gasteiger partial charge in [0, 0.05) is 23.4 Å². The smallest absolute Gasteiger partial charge is 0.269 e. The van der Waals surface area contributed by atoms with Gasteiger partial charge < -0.3 is 15.2 Å². The Morgan fingerprint density at radius 2 is 2.48 bits per heavy atom. The second kappa shape index (κ2) is 6.53. The first-order valence-corrected chi connectivity index (χ1v) is 7.48. The van der Waals surface area contributed by atoms with Crippen LogP contribution in [-0.2, 0) is 22.5 Å². The van der Waals surface area contributed by atoms with Crippen LogP contribution in [0.25, 0.3) is 10.9 Å². The molecule has 0 fully saturated rings. The third kappa shape index (κ3) is 3.29. The van der Waals surface area contributed by atoms with Crippen molar-refractivity contribution in [3.8, 4) is 5.75 Å². The van der Waals surface area contributed by atoms with Gasteiger partial charge in [-0.05, 0) is 19.1 Å². The summed E-state index contributed by atoms with van der Waals surface area (Å²) < 4.78 is 13.1. The molecular weight excluding hydrogens is 300 g/mol. The van der Waals surface area contributed by atoms with Gasteiger partial charge in [-0.15, -0.1) is 0 Å². The minimum absolute atomic E-state index is 0.0150. The number of hydrogen-bond acceptors (Lipinski definition) is 6. The topological polar surface area (TPSA) is 112 Å². The number of carbonyl (C=O) groups excluding carboxylic acids is 1. The number of ether oxygens (including phenoxy) is 2. The Morgan fingerprint density at radius 3 is 3.22 bits per heavy atom. The summed E-state index contributed by atoms with van der Waals surface area (Å²) in [5.41, 5.74) is 9.42. The normalized spacial score (nSPS) is 18.3. The van der Waals surface area contributed by atoms with Crippen molar-refractivity contribution in [1.82, 2.24) is 15.3 Å². The average molecular weight is 320 g/mol. The van der Waals surface area contributed by atoms with Crippen LogP contribution in [0.15, 0.2) is 18.3 Å². The fraction of sp³-hybridized carbons (Fsp3) is 0.467. The summed E-state index contributed by atoms with van der Waals surface area (Å²) in [6, 6.07) is 3.88. The number of nitrogens with two attached hydrogens (primary N) is 1. The lowest BCUT2D eigenvalue weighted by atomic mass is 10.0. The Hall–Kier alpha value is -2.16. The largest absolute Gasteiger partial charge is 0.491 e. The van der Waals surface area contributed by atoms with Gasteiger partial charge in [0.25, 0.3) is 5.91 Å². The van der Waals surface area contributed by atoms with E-state index >= 15 is 0 Å². The van der Waals surface area contributed by atoms with E-state index in [1.54, 1.807) is 5.48 Å². The number of amides is 1. The number of nitrogens with zero attached hydrogens (tertiary/aromatic N) is 2. The van der Waals surface area contributed by atoms with Crippen LogP contribution in [0.1, 0.15) is 12.5 Å². The predicted molar refractivity (Wildman–Crippen MR) is 82.3 cm³/mol. The van der Waals surface area contributed by atoms with Gasteiger partial charge in [0.05, 0.1) is 24.4 Å². The lowest BCUT2D eigenvalue weighted by Gasteiger charge is -2.26. The van der Waals surface area contributed by atoms with E-state index in [1.165, 1.54) is 0 Å². The molecule has 0 unspecified atom stereocenters. The molecule has 1 aromatic carbocycles. The monoisotopic (exact) mass is 320 g/mol. The lowest BCUT2D eigenvalue weighted by molar-refractivity contribution is -0.136. The van der Waals surface area contributed by atoms with Crippen molar-refractivity contribution < 1.29 is 19.5 Å². The van der Waals surface area contributed by atoms with Crippen molar-refractivity contribution in [3.05, 3.63) is 23.9 Å². The molecule has 1 amide bonds. The Kier molecular flexibility index (Phi) is 4.46. The zero-order chi connectivity index (χ0) is 16.4. The highest BCUT2D eigenvalue weighted by Crippen LogP contribution is 2.32. The number of aromatic nitrogens is 2. The minimum Gasteiger partial charge on any atom is -0.491 e. The third-order valence-corrected chi connectivity index (χ3v) is 3.76. The molecule has 8 heteroatoms. The zero-order valence-electron chi connectivity index (χ0n) is 12.9. The third-order valence-electron chi connectivity index (χ3n) is 3.76. The minimum atomic E-state index is -0.587. The number of rotatable bonds is 5. The molecule has 0 saturated heterocycles. The lowest BCUT2D eigenvalue weighted by Crippen LogP contribution is -2.33. The molecule has 1 aromatic heterocycles. The first-order chi connectivity index (χ1) is 11.1. The molecule has 4 N–H and O–H groups in total. The maximum atomic E-state index is 11.1. The van der Waals surface area contributed by atoms with E-state index in [2.05, 4.69) is 5.10 Å². The van der Waals surface area contributed by atoms with E-state index in [0.29, 0.717) is 19.6 Å². The predicted octanol–water partition coefficient (Wildman–Crippen LogP) is 0.209. The number of carbonyl (C=O) groups is 1. The van der Waals surface area contributed by atoms with Crippen LogP contribution in [0.2, 0.25) is 0 Å². The number of benzene rings is 1. The molecule has 1 aliphatic rings. The van der Waals surface area contributed by atoms with Crippen molar-refractivity contribution >= 4 is 16.8 Å². The number of hydrogen-bond donors (Lipinski definition) is 3. The number of nitrogens with one attached hydrogen (secondary N) is 1. The van der Waals surface area contributed by atoms with Gasteiger partial charge in [-0.1, -0.05) is 0 Å². The molecule has 8 nitrogen and oxygen atoms in total. The standard InChI is InChI=1S/C15H20N4O4/c1-9(16)6-19-15-10(5-17-19)2-3-13-12(15)4-11(7-23-13)22-8-14(20)18-21/h2-3,5,9,11,21H,4,6-8,16H2,1H3,(H,18,20)/t9-,11+/m0/s1. The Labute approximate surface area is 133 Å². The summed E-state index contributed by atoms with van der Waals surface area (Å²) in [7, 11) is 0. The first-order valence-electron chi connectivity index (χ1n) is 7.48. The van der Waals surface area contributed by atoms with Crippen LogP contribution in [0.3, 0.4) is 0 Å². The van der Waals surface area contributed by atoms with E-state index in [4.69, 9.17) is 20.4 Å². The molecule has 3 rings (SSSR count). The molecule has 2 atom stereocenters. The quantitative estimate of drug-likeness (QED) is 0.536. The van der Waals surface area contributed by atoms with Crippen LogP contribution < -0.4 is 16.0 Å². The fourth-order valence-corrected chi connectivity index (χ4v) is 2.78. The fourth-order valence-electron chi connectivity index (χ4n) is 2.78. The van der Waals surface area contributed by atoms with E-state index in [-0.39, 0.29) is 18.8 Å². The molecular formula is C15H20N4O4. The molecule has 0 bridgehead atoms. The van der Waals surface area contributed by atoms with Crippen molar-refractivity contribution in [2.24, 2.45) is 5.73 Å². The Morgan fingerprint density at radius 1 is 1.65 bits per heavy atom. The Balaban J connectivity index is 1.87. The molecule has 0 saturated carbocycles. The summed E-state index contributed by atoms with van der Waals surface area (Å²) >= 11 is 0. The first kappa shape index (κ1) is 15.7. The molecule has 0 aliphatic carbocycles.